The Bertz CT molecular complexity index is 1390. The average molecular weight is 542 g/mol. The van der Waals surface area contributed by atoms with Crippen molar-refractivity contribution in [3.05, 3.63) is 58.9 Å². The molecule has 198 valence electrons. The van der Waals surface area contributed by atoms with Gasteiger partial charge in [-0.15, -0.1) is 0 Å². The molecule has 2 heterocycles. The molecule has 0 bridgehead atoms. The van der Waals surface area contributed by atoms with E-state index in [1.165, 1.54) is 29.6 Å². The fourth-order valence-electron chi connectivity index (χ4n) is 5.05. The van der Waals surface area contributed by atoms with Crippen LogP contribution in [-0.4, -0.2) is 50.1 Å². The number of nitrogens with zero attached hydrogens (tertiary/aromatic N) is 2. The molecule has 2 aromatic rings. The Morgan fingerprint density at radius 3 is 2.46 bits per heavy atom. The monoisotopic (exact) mass is 541 g/mol. The SMILES string of the molecule is C=S(C)(=O)c1cncc(C(=O)N2[C@@H](C(=O)N[C@@H](c3cc(F)c(C(F)(F)F)cc3F)C3CC3)C[C@H]3C[C@H]32)c1. The molecule has 0 spiro atoms. The zero-order chi connectivity index (χ0) is 26.9. The number of pyridine rings is 1. The Balaban J connectivity index is 1.40. The Kier molecular flexibility index (Phi) is 6.08. The molecule has 1 N–H and O–H groups in total. The topological polar surface area (TPSA) is 79.4 Å². The van der Waals surface area contributed by atoms with Crippen molar-refractivity contribution in [2.24, 2.45) is 11.8 Å². The number of rotatable bonds is 6. The Labute approximate surface area is 210 Å². The summed E-state index contributed by atoms with van der Waals surface area (Å²) >= 11 is 0. The van der Waals surface area contributed by atoms with Gasteiger partial charge in [0.1, 0.15) is 17.7 Å². The second-order valence-electron chi connectivity index (χ2n) is 10.1. The first kappa shape index (κ1) is 25.6. The molecule has 6 nitrogen and oxygen atoms in total. The molecule has 5 rings (SSSR count). The van der Waals surface area contributed by atoms with E-state index in [1.807, 2.05) is 0 Å². The number of hydrogen-bond donors (Lipinski definition) is 1. The molecule has 3 aliphatic rings. The van der Waals surface area contributed by atoms with Crippen molar-refractivity contribution in [2.75, 3.05) is 6.26 Å². The van der Waals surface area contributed by atoms with E-state index in [-0.39, 0.29) is 35.1 Å². The highest BCUT2D eigenvalue weighted by atomic mass is 32.2. The Hall–Kier alpha value is -3.02. The molecule has 1 unspecified atom stereocenters. The van der Waals surface area contributed by atoms with Crippen molar-refractivity contribution < 1.29 is 35.8 Å². The average Bonchev–Trinajstić information content (AvgIpc) is 3.75. The van der Waals surface area contributed by atoms with E-state index in [0.29, 0.717) is 36.6 Å². The summed E-state index contributed by atoms with van der Waals surface area (Å²) in [7, 11) is -2.63. The van der Waals surface area contributed by atoms with E-state index in [0.717, 1.165) is 0 Å². The van der Waals surface area contributed by atoms with Gasteiger partial charge < -0.3 is 10.2 Å². The number of nitrogens with one attached hydrogen (secondary N) is 1. The van der Waals surface area contributed by atoms with Crippen LogP contribution in [-0.2, 0) is 20.5 Å². The van der Waals surface area contributed by atoms with Gasteiger partial charge in [0.2, 0.25) is 5.91 Å². The lowest BCUT2D eigenvalue weighted by atomic mass is 9.98. The quantitative estimate of drug-likeness (QED) is 0.444. The van der Waals surface area contributed by atoms with Crippen LogP contribution >= 0.6 is 0 Å². The predicted molar refractivity (Wildman–Crippen MR) is 125 cm³/mol. The molecule has 1 saturated heterocycles. The van der Waals surface area contributed by atoms with Crippen molar-refractivity contribution in [3.63, 3.8) is 0 Å². The third kappa shape index (κ3) is 4.95. The van der Waals surface area contributed by atoms with Crippen LogP contribution in [0.15, 0.2) is 35.5 Å². The number of hydrogen-bond acceptors (Lipinski definition) is 4. The minimum Gasteiger partial charge on any atom is -0.347 e. The molecule has 0 radical (unpaired) electrons. The summed E-state index contributed by atoms with van der Waals surface area (Å²) in [4.78, 5) is 32.5. The summed E-state index contributed by atoms with van der Waals surface area (Å²) < 4.78 is 80.3. The molecule has 3 fully saturated rings. The van der Waals surface area contributed by atoms with Gasteiger partial charge in [-0.3, -0.25) is 18.8 Å². The highest BCUT2D eigenvalue weighted by Crippen LogP contribution is 2.49. The second kappa shape index (κ2) is 8.78. The van der Waals surface area contributed by atoms with Crippen LogP contribution in [0.3, 0.4) is 0 Å². The molecule has 1 aromatic heterocycles. The van der Waals surface area contributed by atoms with Gasteiger partial charge >= 0.3 is 6.18 Å². The van der Waals surface area contributed by atoms with Crippen molar-refractivity contribution in [1.29, 1.82) is 0 Å². The molecular formula is C25H24F5N3O3S. The maximum absolute atomic E-state index is 14.7. The number of benzene rings is 1. The van der Waals surface area contributed by atoms with E-state index in [9.17, 15) is 35.8 Å². The number of carbonyl (C=O) groups is 2. The maximum Gasteiger partial charge on any atom is 0.419 e. The van der Waals surface area contributed by atoms with Crippen LogP contribution in [0.1, 0.15) is 53.2 Å². The van der Waals surface area contributed by atoms with E-state index >= 15 is 0 Å². The lowest BCUT2D eigenvalue weighted by Gasteiger charge is -2.29. The first-order valence-corrected chi connectivity index (χ1v) is 13.9. The van der Waals surface area contributed by atoms with Crippen molar-refractivity contribution in [3.8, 4) is 0 Å². The van der Waals surface area contributed by atoms with Crippen LogP contribution in [0.2, 0.25) is 0 Å². The number of fused-ring (bicyclic) bond motifs is 1. The number of aromatic nitrogens is 1. The van der Waals surface area contributed by atoms with Crippen molar-refractivity contribution in [1.82, 2.24) is 15.2 Å². The molecule has 2 aliphatic carbocycles. The van der Waals surface area contributed by atoms with Crippen LogP contribution in [0.5, 0.6) is 0 Å². The Morgan fingerprint density at radius 2 is 1.84 bits per heavy atom. The summed E-state index contributed by atoms with van der Waals surface area (Å²) in [5.41, 5.74) is -1.92. The van der Waals surface area contributed by atoms with Gasteiger partial charge in [-0.1, -0.05) is 0 Å². The van der Waals surface area contributed by atoms with Crippen molar-refractivity contribution >= 4 is 27.2 Å². The highest BCUT2D eigenvalue weighted by Gasteiger charge is 2.56. The van der Waals surface area contributed by atoms with Crippen molar-refractivity contribution in [2.45, 2.75) is 54.9 Å². The largest absolute Gasteiger partial charge is 0.419 e. The smallest absolute Gasteiger partial charge is 0.347 e. The summed E-state index contributed by atoms with van der Waals surface area (Å²) in [6.07, 6.45) is 1.30. The van der Waals surface area contributed by atoms with Gasteiger partial charge in [0.15, 0.2) is 0 Å². The fraction of sp³-hybridized carbons (Fsp3) is 0.440. The second-order valence-corrected chi connectivity index (χ2v) is 12.6. The third-order valence-corrected chi connectivity index (χ3v) is 8.44. The van der Waals surface area contributed by atoms with Crippen LogP contribution in [0, 0.1) is 23.5 Å². The number of alkyl halides is 3. The molecular weight excluding hydrogens is 517 g/mol. The normalized spacial score (nSPS) is 25.2. The minimum absolute atomic E-state index is 0.110. The lowest BCUT2D eigenvalue weighted by molar-refractivity contribution is -0.140. The maximum atomic E-state index is 14.7. The molecule has 37 heavy (non-hydrogen) atoms. The minimum atomic E-state index is -5.06. The molecule has 1 aromatic carbocycles. The van der Waals surface area contributed by atoms with E-state index in [4.69, 9.17) is 0 Å². The predicted octanol–water partition coefficient (Wildman–Crippen LogP) is 3.95. The fourth-order valence-corrected chi connectivity index (χ4v) is 5.71. The number of likely N-dealkylation sites (tertiary alicyclic amines) is 1. The van der Waals surface area contributed by atoms with E-state index < -0.39 is 56.8 Å². The summed E-state index contributed by atoms with van der Waals surface area (Å²) in [6, 6.07) is -0.0519. The van der Waals surface area contributed by atoms with Crippen LogP contribution < -0.4 is 5.32 Å². The number of halogens is 5. The van der Waals surface area contributed by atoms with E-state index in [1.54, 1.807) is 0 Å². The molecule has 12 heteroatoms. The number of amides is 2. The standard InChI is InChI=1S/C25H24F5N3O3S/c1-37(2,36)15-5-14(10-31-11-15)24(35)33-20-6-13(20)7-21(33)23(34)32-22(12-3-4-12)16-8-19(27)17(9-18(16)26)25(28,29)30/h5,8-13,20-22H,1,3-4,6-7H2,2H3,(H,32,34)/t13-,20-,21-,22-,37?/m1/s1. The van der Waals surface area contributed by atoms with Gasteiger partial charge in [-0.05, 0) is 71.1 Å². The first-order chi connectivity index (χ1) is 17.3. The first-order valence-electron chi connectivity index (χ1n) is 11.7. The molecule has 1 aliphatic heterocycles. The van der Waals surface area contributed by atoms with Gasteiger partial charge in [0.25, 0.3) is 5.91 Å². The van der Waals surface area contributed by atoms with Crippen LogP contribution in [0.4, 0.5) is 22.0 Å². The number of carbonyl (C=O) groups excluding carboxylic acids is 2. The molecule has 5 atom stereocenters. The number of piperidine rings is 1. The van der Waals surface area contributed by atoms with Crippen LogP contribution in [0.25, 0.3) is 0 Å². The summed E-state index contributed by atoms with van der Waals surface area (Å²) in [5, 5.41) is 2.68. The summed E-state index contributed by atoms with van der Waals surface area (Å²) in [5.74, 6) is -0.483. The van der Waals surface area contributed by atoms with Gasteiger partial charge in [-0.25, -0.2) is 8.78 Å². The Morgan fingerprint density at radius 1 is 1.14 bits per heavy atom. The third-order valence-electron chi connectivity index (χ3n) is 7.22. The molecule has 2 amide bonds. The van der Waals surface area contributed by atoms with Gasteiger partial charge in [-0.2, -0.15) is 13.2 Å². The lowest BCUT2D eigenvalue weighted by Crippen LogP contribution is -2.49. The molecule has 2 saturated carbocycles. The zero-order valence-corrected chi connectivity index (χ0v) is 20.5. The van der Waals surface area contributed by atoms with Gasteiger partial charge in [0.05, 0.1) is 17.2 Å². The van der Waals surface area contributed by atoms with E-state index in [2.05, 4.69) is 16.2 Å². The zero-order valence-electron chi connectivity index (χ0n) is 19.7. The highest BCUT2D eigenvalue weighted by molar-refractivity contribution is 7.99. The van der Waals surface area contributed by atoms with Gasteiger partial charge in [0, 0.05) is 35.2 Å². The summed E-state index contributed by atoms with van der Waals surface area (Å²) in [6.45, 7) is 0.